The minimum Gasteiger partial charge on any atom is -0.393 e. The van der Waals surface area contributed by atoms with Crippen LogP contribution < -0.4 is 4.13 Å². The van der Waals surface area contributed by atoms with E-state index in [0.717, 1.165) is 30.3 Å². The molecule has 1 aliphatic rings. The third-order valence-electron chi connectivity index (χ3n) is 3.03. The highest BCUT2D eigenvalue weighted by atomic mass is 32.2. The van der Waals surface area contributed by atoms with Gasteiger partial charge in [0.2, 0.25) is 0 Å². The Morgan fingerprint density at radius 1 is 1.44 bits per heavy atom. The zero-order chi connectivity index (χ0) is 13.2. The molecular weight excluding hydrogens is 262 g/mol. The first-order chi connectivity index (χ1) is 8.72. The van der Waals surface area contributed by atoms with Gasteiger partial charge in [-0.25, -0.2) is 4.13 Å². The van der Waals surface area contributed by atoms with E-state index in [0.29, 0.717) is 0 Å². The summed E-state index contributed by atoms with van der Waals surface area (Å²) in [6, 6.07) is 0. The number of allylic oxidation sites excluding steroid dienone is 3. The van der Waals surface area contributed by atoms with Crippen molar-refractivity contribution in [2.75, 3.05) is 11.5 Å². The summed E-state index contributed by atoms with van der Waals surface area (Å²) in [6.45, 7) is 4.31. The van der Waals surface area contributed by atoms with Gasteiger partial charge in [0.25, 0.3) is 0 Å². The van der Waals surface area contributed by atoms with Gasteiger partial charge in [-0.2, -0.15) is 0 Å². The zero-order valence-corrected chi connectivity index (χ0v) is 13.0. The summed E-state index contributed by atoms with van der Waals surface area (Å²) in [5.74, 6) is 2.77. The molecule has 0 radical (unpaired) electrons. The normalized spacial score (nSPS) is 21.5. The zero-order valence-electron chi connectivity index (χ0n) is 11.4. The molecule has 2 N–H and O–H groups in total. The van der Waals surface area contributed by atoms with Gasteiger partial charge in [0.15, 0.2) is 0 Å². The Labute approximate surface area is 120 Å². The van der Waals surface area contributed by atoms with Gasteiger partial charge in [-0.05, 0) is 37.2 Å². The van der Waals surface area contributed by atoms with Crippen LogP contribution in [0.5, 0.6) is 0 Å². The summed E-state index contributed by atoms with van der Waals surface area (Å²) >= 11 is 3.43. The average Bonchev–Trinajstić information content (AvgIpc) is 2.58. The molecule has 0 aromatic rings. The first-order valence-corrected chi connectivity index (χ1v) is 8.71. The quantitative estimate of drug-likeness (QED) is 0.523. The SMILES string of the molecule is CCC(O)CCSNSCC1=CCC(C)CC=C1. The molecule has 0 fully saturated rings. The molecule has 0 aromatic carbocycles. The van der Waals surface area contributed by atoms with E-state index in [1.54, 1.807) is 23.9 Å². The van der Waals surface area contributed by atoms with Crippen molar-refractivity contribution in [3.8, 4) is 0 Å². The van der Waals surface area contributed by atoms with Crippen LogP contribution in [0.4, 0.5) is 0 Å². The molecule has 4 heteroatoms. The van der Waals surface area contributed by atoms with Crippen molar-refractivity contribution in [2.45, 2.75) is 45.6 Å². The van der Waals surface area contributed by atoms with E-state index in [-0.39, 0.29) is 6.10 Å². The van der Waals surface area contributed by atoms with Crippen LogP contribution in [0.25, 0.3) is 0 Å². The van der Waals surface area contributed by atoms with E-state index < -0.39 is 0 Å². The lowest BCUT2D eigenvalue weighted by Crippen LogP contribution is -2.07. The Balaban J connectivity index is 2.04. The lowest BCUT2D eigenvalue weighted by molar-refractivity contribution is 0.167. The first kappa shape index (κ1) is 16.2. The van der Waals surface area contributed by atoms with Gasteiger partial charge < -0.3 is 5.11 Å². The summed E-state index contributed by atoms with van der Waals surface area (Å²) in [5, 5.41) is 9.41. The largest absolute Gasteiger partial charge is 0.393 e. The highest BCUT2D eigenvalue weighted by Gasteiger charge is 2.04. The Morgan fingerprint density at radius 3 is 3.06 bits per heavy atom. The number of nitrogens with one attached hydrogen (secondary N) is 1. The van der Waals surface area contributed by atoms with Crippen molar-refractivity contribution in [3.63, 3.8) is 0 Å². The van der Waals surface area contributed by atoms with Gasteiger partial charge in [-0.15, -0.1) is 0 Å². The molecule has 0 bridgehead atoms. The maximum atomic E-state index is 9.41. The van der Waals surface area contributed by atoms with Crippen LogP contribution in [0.1, 0.15) is 39.5 Å². The molecule has 0 spiro atoms. The summed E-state index contributed by atoms with van der Waals surface area (Å²) in [7, 11) is 0. The average molecular weight is 287 g/mol. The van der Waals surface area contributed by atoms with Crippen LogP contribution in [0, 0.1) is 5.92 Å². The van der Waals surface area contributed by atoms with E-state index >= 15 is 0 Å². The smallest absolute Gasteiger partial charge is 0.0546 e. The number of aliphatic hydroxyl groups is 1. The number of hydrogen-bond acceptors (Lipinski definition) is 4. The minimum atomic E-state index is -0.140. The number of aliphatic hydroxyl groups excluding tert-OH is 1. The summed E-state index contributed by atoms with van der Waals surface area (Å²) < 4.78 is 3.29. The molecule has 0 aromatic heterocycles. The van der Waals surface area contributed by atoms with Crippen molar-refractivity contribution in [2.24, 2.45) is 5.92 Å². The molecule has 2 nitrogen and oxygen atoms in total. The fraction of sp³-hybridized carbons (Fsp3) is 0.714. The molecule has 1 rings (SSSR count). The Hall–Kier alpha value is 0.100. The van der Waals surface area contributed by atoms with E-state index in [9.17, 15) is 5.11 Å². The van der Waals surface area contributed by atoms with Gasteiger partial charge in [0, 0.05) is 11.5 Å². The van der Waals surface area contributed by atoms with E-state index in [1.807, 2.05) is 6.92 Å². The lowest BCUT2D eigenvalue weighted by Gasteiger charge is -2.07. The predicted octanol–water partition coefficient (Wildman–Crippen LogP) is 3.95. The van der Waals surface area contributed by atoms with Crippen molar-refractivity contribution in [1.29, 1.82) is 0 Å². The molecule has 0 saturated heterocycles. The standard InChI is InChI=1S/C14H25NOS2/c1-3-14(16)9-10-17-15-18-11-13-6-4-5-12(2)7-8-13/h4,6,8,12,14-16H,3,5,7,9-11H2,1-2H3. The second-order valence-electron chi connectivity index (χ2n) is 4.83. The molecule has 104 valence electrons. The van der Waals surface area contributed by atoms with E-state index in [1.165, 1.54) is 18.4 Å². The second-order valence-corrected chi connectivity index (χ2v) is 6.77. The first-order valence-electron chi connectivity index (χ1n) is 6.74. The molecule has 0 saturated carbocycles. The summed E-state index contributed by atoms with van der Waals surface area (Å²) in [5.41, 5.74) is 1.42. The topological polar surface area (TPSA) is 32.3 Å². The molecule has 2 unspecified atom stereocenters. The Morgan fingerprint density at radius 2 is 2.28 bits per heavy atom. The van der Waals surface area contributed by atoms with Crippen LogP contribution in [0.3, 0.4) is 0 Å². The van der Waals surface area contributed by atoms with Crippen LogP contribution in [0.15, 0.2) is 23.8 Å². The number of rotatable bonds is 8. The molecule has 18 heavy (non-hydrogen) atoms. The van der Waals surface area contributed by atoms with Gasteiger partial charge >= 0.3 is 0 Å². The third kappa shape index (κ3) is 7.52. The Kier molecular flexibility index (Phi) is 8.94. The summed E-state index contributed by atoms with van der Waals surface area (Å²) in [4.78, 5) is 0. The monoisotopic (exact) mass is 287 g/mol. The van der Waals surface area contributed by atoms with Crippen LogP contribution in [-0.4, -0.2) is 22.7 Å². The molecule has 0 amide bonds. The van der Waals surface area contributed by atoms with E-state index in [2.05, 4.69) is 29.3 Å². The molecule has 0 aliphatic heterocycles. The summed E-state index contributed by atoms with van der Waals surface area (Å²) in [6.07, 6.45) is 10.9. The fourth-order valence-corrected chi connectivity index (χ4v) is 3.34. The van der Waals surface area contributed by atoms with E-state index in [4.69, 9.17) is 0 Å². The van der Waals surface area contributed by atoms with Gasteiger partial charge in [-0.1, -0.05) is 56.0 Å². The van der Waals surface area contributed by atoms with Crippen LogP contribution >= 0.6 is 23.9 Å². The van der Waals surface area contributed by atoms with Gasteiger partial charge in [-0.3, -0.25) is 0 Å². The second kappa shape index (κ2) is 9.96. The molecular formula is C14H25NOS2. The van der Waals surface area contributed by atoms with Crippen molar-refractivity contribution >= 4 is 23.9 Å². The van der Waals surface area contributed by atoms with Crippen molar-refractivity contribution in [3.05, 3.63) is 23.8 Å². The van der Waals surface area contributed by atoms with Crippen LogP contribution in [0.2, 0.25) is 0 Å². The lowest BCUT2D eigenvalue weighted by atomic mass is 10.1. The molecule has 2 atom stereocenters. The third-order valence-corrected chi connectivity index (χ3v) is 4.89. The van der Waals surface area contributed by atoms with Crippen LogP contribution in [-0.2, 0) is 0 Å². The highest BCUT2D eigenvalue weighted by Crippen LogP contribution is 2.19. The van der Waals surface area contributed by atoms with Gasteiger partial charge in [0.1, 0.15) is 0 Å². The molecule has 0 heterocycles. The minimum absolute atomic E-state index is 0.140. The Bertz CT molecular complexity index is 279. The molecule has 1 aliphatic carbocycles. The predicted molar refractivity (Wildman–Crippen MR) is 84.6 cm³/mol. The fourth-order valence-electron chi connectivity index (χ4n) is 1.67. The maximum absolute atomic E-state index is 9.41. The van der Waals surface area contributed by atoms with Crippen molar-refractivity contribution < 1.29 is 5.11 Å². The van der Waals surface area contributed by atoms with Gasteiger partial charge in [0.05, 0.1) is 6.10 Å². The maximum Gasteiger partial charge on any atom is 0.0546 e. The highest BCUT2D eigenvalue weighted by molar-refractivity contribution is 8.12. The number of hydrogen-bond donors (Lipinski definition) is 2. The van der Waals surface area contributed by atoms with Crippen molar-refractivity contribution in [1.82, 2.24) is 4.13 Å².